The van der Waals surface area contributed by atoms with Crippen molar-refractivity contribution in [3.05, 3.63) is 41.1 Å². The number of thiazole rings is 1. The smallest absolute Gasteiger partial charge is 0.203 e. The van der Waals surface area contributed by atoms with Crippen LogP contribution in [0.1, 0.15) is 25.7 Å². The molecule has 4 nitrogen and oxygen atoms in total. The van der Waals surface area contributed by atoms with Gasteiger partial charge in [-0.3, -0.25) is 5.43 Å². The Morgan fingerprint density at radius 3 is 2.85 bits per heavy atom. The molecule has 1 aliphatic rings. The molecule has 1 aromatic carbocycles. The molecule has 0 bridgehead atoms. The molecule has 0 atom stereocenters. The van der Waals surface area contributed by atoms with Crippen molar-refractivity contribution in [2.75, 3.05) is 5.43 Å². The van der Waals surface area contributed by atoms with Crippen LogP contribution in [0, 0.1) is 6.57 Å². The Labute approximate surface area is 122 Å². The molecular formula is C15H14N4S. The van der Waals surface area contributed by atoms with E-state index in [1.165, 1.54) is 29.9 Å². The Bertz CT molecular complexity index is 673. The zero-order valence-corrected chi connectivity index (χ0v) is 11.8. The van der Waals surface area contributed by atoms with Crippen LogP contribution in [0.5, 0.6) is 0 Å². The van der Waals surface area contributed by atoms with Gasteiger partial charge in [0.25, 0.3) is 0 Å². The van der Waals surface area contributed by atoms with E-state index in [4.69, 9.17) is 6.57 Å². The van der Waals surface area contributed by atoms with Crippen LogP contribution in [0.2, 0.25) is 0 Å². The predicted molar refractivity (Wildman–Crippen MR) is 83.3 cm³/mol. The van der Waals surface area contributed by atoms with E-state index in [2.05, 4.69) is 20.4 Å². The van der Waals surface area contributed by atoms with Crippen molar-refractivity contribution in [3.8, 4) is 11.3 Å². The standard InChI is InChI=1S/C15H14N4S/c1-16-13-9-5-4-8-12(13)14-10-20-15(17-14)19-18-11-6-2-3-7-11/h4-5,8-10H,2-3,6-7H2,(H,17,19). The lowest BCUT2D eigenvalue weighted by Gasteiger charge is -1.99. The molecule has 0 spiro atoms. The number of hydrogen-bond acceptors (Lipinski definition) is 4. The third kappa shape index (κ3) is 2.70. The van der Waals surface area contributed by atoms with Crippen molar-refractivity contribution in [3.63, 3.8) is 0 Å². The molecule has 0 amide bonds. The lowest BCUT2D eigenvalue weighted by molar-refractivity contribution is 0.886. The van der Waals surface area contributed by atoms with Gasteiger partial charge in [0.15, 0.2) is 5.69 Å². The quantitative estimate of drug-likeness (QED) is 0.654. The van der Waals surface area contributed by atoms with Crippen LogP contribution in [0.3, 0.4) is 0 Å². The van der Waals surface area contributed by atoms with Gasteiger partial charge in [-0.2, -0.15) is 5.10 Å². The average molecular weight is 282 g/mol. The summed E-state index contributed by atoms with van der Waals surface area (Å²) >= 11 is 1.51. The third-order valence-electron chi connectivity index (χ3n) is 3.30. The fourth-order valence-corrected chi connectivity index (χ4v) is 2.91. The highest BCUT2D eigenvalue weighted by Crippen LogP contribution is 2.32. The minimum absolute atomic E-state index is 0.631. The van der Waals surface area contributed by atoms with E-state index >= 15 is 0 Å². The molecule has 0 unspecified atom stereocenters. The molecule has 2 aromatic rings. The summed E-state index contributed by atoms with van der Waals surface area (Å²) in [5.41, 5.74) is 6.59. The summed E-state index contributed by atoms with van der Waals surface area (Å²) in [6, 6.07) is 7.53. The van der Waals surface area contributed by atoms with Crippen LogP contribution in [-0.2, 0) is 0 Å². The first-order chi connectivity index (χ1) is 9.86. The second-order valence-corrected chi connectivity index (χ2v) is 5.52. The van der Waals surface area contributed by atoms with E-state index in [0.29, 0.717) is 5.69 Å². The van der Waals surface area contributed by atoms with Crippen molar-refractivity contribution >= 4 is 27.9 Å². The Morgan fingerprint density at radius 2 is 2.05 bits per heavy atom. The first-order valence-corrected chi connectivity index (χ1v) is 7.48. The second kappa shape index (κ2) is 5.85. The summed E-state index contributed by atoms with van der Waals surface area (Å²) < 4.78 is 0. The maximum Gasteiger partial charge on any atom is 0.203 e. The maximum atomic E-state index is 7.20. The number of anilines is 1. The van der Waals surface area contributed by atoms with E-state index in [1.807, 2.05) is 29.6 Å². The van der Waals surface area contributed by atoms with Crippen LogP contribution in [0.25, 0.3) is 16.1 Å². The van der Waals surface area contributed by atoms with Crippen molar-refractivity contribution in [1.82, 2.24) is 4.98 Å². The Morgan fingerprint density at radius 1 is 1.25 bits per heavy atom. The molecule has 1 N–H and O–H groups in total. The van der Waals surface area contributed by atoms with Crippen molar-refractivity contribution in [2.24, 2.45) is 5.10 Å². The monoisotopic (exact) mass is 282 g/mol. The average Bonchev–Trinajstić information content (AvgIpc) is 3.16. The number of nitrogens with one attached hydrogen (secondary N) is 1. The summed E-state index contributed by atoms with van der Waals surface area (Å²) in [5, 5.41) is 7.13. The molecule has 20 heavy (non-hydrogen) atoms. The first-order valence-electron chi connectivity index (χ1n) is 6.60. The van der Waals surface area contributed by atoms with Crippen LogP contribution < -0.4 is 5.43 Å². The summed E-state index contributed by atoms with van der Waals surface area (Å²) in [7, 11) is 0. The number of nitrogens with zero attached hydrogens (tertiary/aromatic N) is 3. The van der Waals surface area contributed by atoms with Gasteiger partial charge in [0, 0.05) is 16.7 Å². The third-order valence-corrected chi connectivity index (χ3v) is 4.04. The SMILES string of the molecule is [C-]#[N+]c1ccccc1-c1csc(NN=C2CCCC2)n1. The molecule has 1 aliphatic carbocycles. The fraction of sp³-hybridized carbons (Fsp3) is 0.267. The van der Waals surface area contributed by atoms with Crippen LogP contribution in [0.15, 0.2) is 34.7 Å². The summed E-state index contributed by atoms with van der Waals surface area (Å²) in [6.07, 6.45) is 4.65. The zero-order valence-electron chi connectivity index (χ0n) is 11.0. The van der Waals surface area contributed by atoms with Gasteiger partial charge in [-0.25, -0.2) is 9.83 Å². The molecule has 3 rings (SSSR count). The van der Waals surface area contributed by atoms with Gasteiger partial charge in [0.1, 0.15) is 0 Å². The molecule has 0 aliphatic heterocycles. The van der Waals surface area contributed by atoms with E-state index in [9.17, 15) is 0 Å². The largest absolute Gasteiger partial charge is 0.253 e. The van der Waals surface area contributed by atoms with Crippen LogP contribution in [0.4, 0.5) is 10.8 Å². The number of hydrazone groups is 1. The highest BCUT2D eigenvalue weighted by atomic mass is 32.1. The van der Waals surface area contributed by atoms with E-state index in [-0.39, 0.29) is 0 Å². The summed E-state index contributed by atoms with van der Waals surface area (Å²) in [6.45, 7) is 7.20. The molecular weight excluding hydrogens is 268 g/mol. The molecule has 0 radical (unpaired) electrons. The summed E-state index contributed by atoms with van der Waals surface area (Å²) in [5.74, 6) is 0. The summed E-state index contributed by atoms with van der Waals surface area (Å²) in [4.78, 5) is 8.04. The van der Waals surface area contributed by atoms with Crippen molar-refractivity contribution < 1.29 is 0 Å². The molecule has 100 valence electrons. The number of para-hydroxylation sites is 1. The van der Waals surface area contributed by atoms with Gasteiger partial charge < -0.3 is 0 Å². The van der Waals surface area contributed by atoms with E-state index < -0.39 is 0 Å². The lowest BCUT2D eigenvalue weighted by atomic mass is 10.1. The number of rotatable bonds is 3. The highest BCUT2D eigenvalue weighted by Gasteiger charge is 2.10. The number of aromatic nitrogens is 1. The normalized spacial score (nSPS) is 14.1. The molecule has 1 aromatic heterocycles. The zero-order chi connectivity index (χ0) is 13.8. The van der Waals surface area contributed by atoms with Crippen molar-refractivity contribution in [1.29, 1.82) is 0 Å². The van der Waals surface area contributed by atoms with Crippen LogP contribution in [-0.4, -0.2) is 10.7 Å². The first kappa shape index (κ1) is 12.8. The number of benzene rings is 1. The van der Waals surface area contributed by atoms with Crippen LogP contribution >= 0.6 is 11.3 Å². The number of hydrogen-bond donors (Lipinski definition) is 1. The predicted octanol–water partition coefficient (Wildman–Crippen LogP) is 4.70. The van der Waals surface area contributed by atoms with E-state index in [0.717, 1.165) is 29.2 Å². The Hall–Kier alpha value is -2.19. The molecule has 1 saturated carbocycles. The van der Waals surface area contributed by atoms with Gasteiger partial charge in [0.2, 0.25) is 5.13 Å². The maximum absolute atomic E-state index is 7.20. The minimum Gasteiger partial charge on any atom is -0.253 e. The molecule has 1 fully saturated rings. The fourth-order valence-electron chi connectivity index (χ4n) is 2.26. The van der Waals surface area contributed by atoms with Gasteiger partial charge in [-0.05, 0) is 25.7 Å². The van der Waals surface area contributed by atoms with Gasteiger partial charge in [-0.1, -0.05) is 24.3 Å². The molecule has 1 heterocycles. The van der Waals surface area contributed by atoms with Gasteiger partial charge >= 0.3 is 0 Å². The second-order valence-electron chi connectivity index (χ2n) is 4.66. The topological polar surface area (TPSA) is 41.6 Å². The van der Waals surface area contributed by atoms with E-state index in [1.54, 1.807) is 0 Å². The van der Waals surface area contributed by atoms with Gasteiger partial charge in [-0.15, -0.1) is 11.3 Å². The minimum atomic E-state index is 0.631. The molecule has 0 saturated heterocycles. The highest BCUT2D eigenvalue weighted by molar-refractivity contribution is 7.14. The Balaban J connectivity index is 1.80. The van der Waals surface area contributed by atoms with Crippen molar-refractivity contribution in [2.45, 2.75) is 25.7 Å². The molecule has 5 heteroatoms. The van der Waals surface area contributed by atoms with Gasteiger partial charge in [0.05, 0.1) is 12.3 Å². The Kier molecular flexibility index (Phi) is 3.75. The lowest BCUT2D eigenvalue weighted by Crippen LogP contribution is -1.95.